The Morgan fingerprint density at radius 3 is 1.69 bits per heavy atom. The van der Waals surface area contributed by atoms with Crippen molar-refractivity contribution in [3.05, 3.63) is 24.3 Å². The van der Waals surface area contributed by atoms with E-state index < -0.39 is 0 Å². The molecule has 1 N–H and O–H groups in total. The zero-order valence-corrected chi connectivity index (χ0v) is 8.21. The predicted molar refractivity (Wildman–Crippen MR) is 56.7 cm³/mol. The number of nitrogens with one attached hydrogen (secondary N) is 1. The summed E-state index contributed by atoms with van der Waals surface area (Å²) >= 11 is 0. The van der Waals surface area contributed by atoms with Crippen LogP contribution in [-0.2, 0) is 0 Å². The fraction of sp³-hybridized carbons (Fsp3) is 0.667. The molecule has 0 aromatic carbocycles. The van der Waals surface area contributed by atoms with Crippen LogP contribution in [0.15, 0.2) is 24.3 Å². The smallest absolute Gasteiger partial charge is 0.0107 e. The summed E-state index contributed by atoms with van der Waals surface area (Å²) in [7, 11) is 0. The van der Waals surface area contributed by atoms with E-state index in [1.807, 2.05) is 0 Å². The van der Waals surface area contributed by atoms with Gasteiger partial charge in [0.15, 0.2) is 0 Å². The Morgan fingerprint density at radius 1 is 0.769 bits per heavy atom. The molecule has 2 unspecified atom stereocenters. The summed E-state index contributed by atoms with van der Waals surface area (Å²) < 4.78 is 0. The van der Waals surface area contributed by atoms with Gasteiger partial charge in [0, 0.05) is 12.1 Å². The monoisotopic (exact) mass is 177 g/mol. The molecule has 0 aliphatic heterocycles. The van der Waals surface area contributed by atoms with Crippen molar-refractivity contribution >= 4 is 0 Å². The first-order valence-corrected chi connectivity index (χ1v) is 5.51. The van der Waals surface area contributed by atoms with E-state index in [9.17, 15) is 0 Å². The van der Waals surface area contributed by atoms with Gasteiger partial charge in [-0.1, -0.05) is 24.3 Å². The molecule has 13 heavy (non-hydrogen) atoms. The minimum absolute atomic E-state index is 0.751. The third-order valence-corrected chi connectivity index (χ3v) is 3.01. The van der Waals surface area contributed by atoms with E-state index in [-0.39, 0.29) is 0 Å². The van der Waals surface area contributed by atoms with Crippen LogP contribution < -0.4 is 5.32 Å². The molecule has 1 nitrogen and oxygen atoms in total. The van der Waals surface area contributed by atoms with Gasteiger partial charge >= 0.3 is 0 Å². The van der Waals surface area contributed by atoms with E-state index >= 15 is 0 Å². The van der Waals surface area contributed by atoms with Crippen LogP contribution in [0.5, 0.6) is 0 Å². The quantitative estimate of drug-likeness (QED) is 0.639. The Morgan fingerprint density at radius 2 is 1.31 bits per heavy atom. The maximum Gasteiger partial charge on any atom is 0.0107 e. The topological polar surface area (TPSA) is 12.0 Å². The predicted octanol–water partition coefficient (Wildman–Crippen LogP) is 2.79. The normalized spacial score (nSPS) is 33.5. The minimum atomic E-state index is 0.751. The van der Waals surface area contributed by atoms with Crippen LogP contribution in [0.3, 0.4) is 0 Å². The molecule has 0 saturated carbocycles. The van der Waals surface area contributed by atoms with E-state index in [4.69, 9.17) is 0 Å². The molecule has 2 rings (SSSR count). The fourth-order valence-corrected chi connectivity index (χ4v) is 2.22. The molecule has 0 fully saturated rings. The fourth-order valence-electron chi connectivity index (χ4n) is 2.22. The summed E-state index contributed by atoms with van der Waals surface area (Å²) in [6, 6.07) is 1.50. The highest BCUT2D eigenvalue weighted by atomic mass is 14.9. The van der Waals surface area contributed by atoms with E-state index in [1.54, 1.807) is 0 Å². The minimum Gasteiger partial charge on any atom is -0.311 e. The molecule has 0 heterocycles. The summed E-state index contributed by atoms with van der Waals surface area (Å²) in [5.74, 6) is 0. The SMILES string of the molecule is C1=CCC(NC2CC=CCC2)CC1. The highest BCUT2D eigenvalue weighted by Crippen LogP contribution is 2.16. The van der Waals surface area contributed by atoms with Crippen molar-refractivity contribution in [2.24, 2.45) is 0 Å². The van der Waals surface area contributed by atoms with Crippen LogP contribution in [0.1, 0.15) is 38.5 Å². The average Bonchev–Trinajstić information content (AvgIpc) is 2.21. The molecule has 0 aromatic heterocycles. The largest absolute Gasteiger partial charge is 0.311 e. The highest BCUT2D eigenvalue weighted by molar-refractivity contribution is 4.97. The van der Waals surface area contributed by atoms with Crippen molar-refractivity contribution in [3.63, 3.8) is 0 Å². The Bertz CT molecular complexity index is 183. The summed E-state index contributed by atoms with van der Waals surface area (Å²) in [6.07, 6.45) is 16.9. The van der Waals surface area contributed by atoms with Gasteiger partial charge in [0.2, 0.25) is 0 Å². The number of allylic oxidation sites excluding steroid dienone is 2. The van der Waals surface area contributed by atoms with Gasteiger partial charge in [0.1, 0.15) is 0 Å². The van der Waals surface area contributed by atoms with Crippen LogP contribution in [0.4, 0.5) is 0 Å². The lowest BCUT2D eigenvalue weighted by Crippen LogP contribution is -2.39. The second-order valence-electron chi connectivity index (χ2n) is 4.13. The second-order valence-corrected chi connectivity index (χ2v) is 4.13. The van der Waals surface area contributed by atoms with Crippen LogP contribution >= 0.6 is 0 Å². The standard InChI is InChI=1S/C12H19N/c1-3-7-11(8-4-1)13-12-9-5-2-6-10-12/h1-3,5,11-13H,4,6-10H2. The van der Waals surface area contributed by atoms with Gasteiger partial charge in [-0.25, -0.2) is 0 Å². The molecule has 2 aliphatic carbocycles. The molecule has 0 amide bonds. The lowest BCUT2D eigenvalue weighted by atomic mass is 9.97. The lowest BCUT2D eigenvalue weighted by molar-refractivity contribution is 0.383. The van der Waals surface area contributed by atoms with Crippen LogP contribution in [-0.4, -0.2) is 12.1 Å². The Hall–Kier alpha value is -0.560. The summed E-state index contributed by atoms with van der Waals surface area (Å²) in [5, 5.41) is 3.76. The summed E-state index contributed by atoms with van der Waals surface area (Å²) in [4.78, 5) is 0. The van der Waals surface area contributed by atoms with Crippen LogP contribution in [0.25, 0.3) is 0 Å². The van der Waals surface area contributed by atoms with E-state index in [0.717, 1.165) is 12.1 Å². The van der Waals surface area contributed by atoms with Crippen LogP contribution in [0, 0.1) is 0 Å². The zero-order chi connectivity index (χ0) is 8.93. The molecule has 0 spiro atoms. The number of hydrogen-bond acceptors (Lipinski definition) is 1. The molecule has 0 bridgehead atoms. The molecule has 0 saturated heterocycles. The molecule has 0 aromatic rings. The maximum absolute atomic E-state index is 3.76. The third-order valence-electron chi connectivity index (χ3n) is 3.01. The van der Waals surface area contributed by atoms with Gasteiger partial charge in [0.25, 0.3) is 0 Å². The first-order valence-electron chi connectivity index (χ1n) is 5.51. The molecule has 72 valence electrons. The van der Waals surface area contributed by atoms with Crippen molar-refractivity contribution < 1.29 is 0 Å². The van der Waals surface area contributed by atoms with Crippen molar-refractivity contribution in [3.8, 4) is 0 Å². The van der Waals surface area contributed by atoms with E-state index in [2.05, 4.69) is 29.6 Å². The van der Waals surface area contributed by atoms with Crippen molar-refractivity contribution in [1.82, 2.24) is 5.32 Å². The van der Waals surface area contributed by atoms with Gasteiger partial charge in [0.05, 0.1) is 0 Å². The highest BCUT2D eigenvalue weighted by Gasteiger charge is 2.15. The zero-order valence-electron chi connectivity index (χ0n) is 8.21. The Balaban J connectivity index is 1.76. The van der Waals surface area contributed by atoms with Gasteiger partial charge < -0.3 is 5.32 Å². The maximum atomic E-state index is 3.76. The van der Waals surface area contributed by atoms with Crippen molar-refractivity contribution in [2.45, 2.75) is 50.6 Å². The first kappa shape index (κ1) is 9.01. The lowest BCUT2D eigenvalue weighted by Gasteiger charge is -2.27. The van der Waals surface area contributed by atoms with Gasteiger partial charge in [-0.15, -0.1) is 0 Å². The van der Waals surface area contributed by atoms with Gasteiger partial charge in [-0.3, -0.25) is 0 Å². The summed E-state index contributed by atoms with van der Waals surface area (Å²) in [6.45, 7) is 0. The van der Waals surface area contributed by atoms with Crippen molar-refractivity contribution in [1.29, 1.82) is 0 Å². The average molecular weight is 177 g/mol. The molecular formula is C12H19N. The molecule has 1 heteroatoms. The number of hydrogen-bond donors (Lipinski definition) is 1. The van der Waals surface area contributed by atoms with E-state index in [0.29, 0.717) is 0 Å². The van der Waals surface area contributed by atoms with Crippen molar-refractivity contribution in [2.75, 3.05) is 0 Å². The first-order chi connectivity index (χ1) is 6.45. The Labute approximate surface area is 80.9 Å². The van der Waals surface area contributed by atoms with Gasteiger partial charge in [-0.05, 0) is 38.5 Å². The summed E-state index contributed by atoms with van der Waals surface area (Å²) in [5.41, 5.74) is 0. The number of rotatable bonds is 2. The molecule has 2 atom stereocenters. The molecule has 0 radical (unpaired) electrons. The van der Waals surface area contributed by atoms with E-state index in [1.165, 1.54) is 38.5 Å². The third kappa shape index (κ3) is 2.70. The van der Waals surface area contributed by atoms with Gasteiger partial charge in [-0.2, -0.15) is 0 Å². The second kappa shape index (κ2) is 4.61. The van der Waals surface area contributed by atoms with Crippen LogP contribution in [0.2, 0.25) is 0 Å². The molecule has 2 aliphatic rings. The molecular weight excluding hydrogens is 158 g/mol. The Kier molecular flexibility index (Phi) is 3.20.